The number of hydrogen-bond donors (Lipinski definition) is 0. The van der Waals surface area contributed by atoms with Crippen LogP contribution in [-0.2, 0) is 4.79 Å². The van der Waals surface area contributed by atoms with Gasteiger partial charge in [0.1, 0.15) is 0 Å². The first kappa shape index (κ1) is 6.09. The van der Waals surface area contributed by atoms with Crippen LogP contribution in [0, 0.1) is 11.8 Å². The Morgan fingerprint density at radius 1 is 1.62 bits per heavy atom. The summed E-state index contributed by atoms with van der Waals surface area (Å²) in [6, 6.07) is 0. The molecule has 0 amide bonds. The summed E-state index contributed by atoms with van der Waals surface area (Å²) in [6.45, 7) is 2.06. The van der Waals surface area contributed by atoms with E-state index in [1.807, 2.05) is 0 Å². The molecule has 8 heavy (non-hydrogen) atoms. The SMILES string of the molecule is CC1CCC1C(=O)Cl. The fourth-order valence-corrected chi connectivity index (χ4v) is 1.33. The fourth-order valence-electron chi connectivity index (χ4n) is 1.00. The highest BCUT2D eigenvalue weighted by atomic mass is 35.5. The molecule has 0 aliphatic heterocycles. The van der Waals surface area contributed by atoms with Gasteiger partial charge in [-0.1, -0.05) is 6.92 Å². The molecular formula is C6H9ClO. The van der Waals surface area contributed by atoms with Crippen LogP contribution in [0.3, 0.4) is 0 Å². The molecular weight excluding hydrogens is 124 g/mol. The van der Waals surface area contributed by atoms with Crippen LogP contribution in [0.4, 0.5) is 0 Å². The van der Waals surface area contributed by atoms with Gasteiger partial charge in [-0.25, -0.2) is 0 Å². The van der Waals surface area contributed by atoms with Gasteiger partial charge in [-0.2, -0.15) is 0 Å². The van der Waals surface area contributed by atoms with E-state index in [1.54, 1.807) is 0 Å². The van der Waals surface area contributed by atoms with Crippen molar-refractivity contribution in [2.45, 2.75) is 19.8 Å². The third-order valence-electron chi connectivity index (χ3n) is 1.91. The van der Waals surface area contributed by atoms with E-state index in [4.69, 9.17) is 11.6 Å². The van der Waals surface area contributed by atoms with Crippen molar-refractivity contribution >= 4 is 16.8 Å². The van der Waals surface area contributed by atoms with E-state index in [0.29, 0.717) is 5.92 Å². The van der Waals surface area contributed by atoms with Gasteiger partial charge in [-0.05, 0) is 30.4 Å². The number of carbonyl (C=O) groups excluding carboxylic acids is 1. The minimum absolute atomic E-state index is 0.149. The molecule has 0 aromatic heterocycles. The summed E-state index contributed by atoms with van der Waals surface area (Å²) in [4.78, 5) is 10.4. The van der Waals surface area contributed by atoms with Crippen LogP contribution in [0.1, 0.15) is 19.8 Å². The van der Waals surface area contributed by atoms with E-state index in [2.05, 4.69) is 6.92 Å². The van der Waals surface area contributed by atoms with Crippen LogP contribution in [0.5, 0.6) is 0 Å². The number of carbonyl (C=O) groups is 1. The summed E-state index contributed by atoms with van der Waals surface area (Å²) < 4.78 is 0. The molecule has 0 aromatic carbocycles. The van der Waals surface area contributed by atoms with Crippen molar-refractivity contribution < 1.29 is 4.79 Å². The number of rotatable bonds is 1. The van der Waals surface area contributed by atoms with Gasteiger partial charge in [-0.15, -0.1) is 0 Å². The largest absolute Gasteiger partial charge is 0.281 e. The molecule has 2 unspecified atom stereocenters. The van der Waals surface area contributed by atoms with E-state index >= 15 is 0 Å². The Hall–Kier alpha value is -0.0400. The third-order valence-corrected chi connectivity index (χ3v) is 2.19. The Bertz CT molecular complexity index is 111. The Morgan fingerprint density at radius 2 is 2.25 bits per heavy atom. The molecule has 0 bridgehead atoms. The maximum absolute atomic E-state index is 10.4. The van der Waals surface area contributed by atoms with Crippen molar-refractivity contribution in [3.05, 3.63) is 0 Å². The molecule has 2 atom stereocenters. The van der Waals surface area contributed by atoms with Gasteiger partial charge >= 0.3 is 0 Å². The Morgan fingerprint density at radius 3 is 2.25 bits per heavy atom. The summed E-state index contributed by atoms with van der Waals surface area (Å²) in [5.74, 6) is 0.719. The van der Waals surface area contributed by atoms with Gasteiger partial charge in [0.05, 0.1) is 0 Å². The third kappa shape index (κ3) is 0.873. The normalized spacial score (nSPS) is 36.2. The van der Waals surface area contributed by atoms with Crippen LogP contribution >= 0.6 is 11.6 Å². The van der Waals surface area contributed by atoms with Crippen molar-refractivity contribution in [2.75, 3.05) is 0 Å². The first-order valence-electron chi connectivity index (χ1n) is 2.91. The highest BCUT2D eigenvalue weighted by molar-refractivity contribution is 6.64. The second kappa shape index (κ2) is 2.06. The molecule has 1 aliphatic rings. The average molecular weight is 133 g/mol. The van der Waals surface area contributed by atoms with Gasteiger partial charge in [-0.3, -0.25) is 4.79 Å². The second-order valence-corrected chi connectivity index (χ2v) is 2.84. The number of halogens is 1. The molecule has 0 spiro atoms. The zero-order chi connectivity index (χ0) is 6.15. The lowest BCUT2D eigenvalue weighted by Gasteiger charge is -2.29. The topological polar surface area (TPSA) is 17.1 Å². The monoisotopic (exact) mass is 132 g/mol. The second-order valence-electron chi connectivity index (χ2n) is 2.47. The Kier molecular flexibility index (Phi) is 1.57. The lowest BCUT2D eigenvalue weighted by Crippen LogP contribution is -2.27. The molecule has 0 heterocycles. The van der Waals surface area contributed by atoms with Crippen molar-refractivity contribution in [2.24, 2.45) is 11.8 Å². The first-order chi connectivity index (χ1) is 3.72. The Balaban J connectivity index is 2.37. The van der Waals surface area contributed by atoms with Crippen molar-refractivity contribution in [3.8, 4) is 0 Å². The smallest absolute Gasteiger partial charge is 0.224 e. The predicted molar refractivity (Wildman–Crippen MR) is 32.7 cm³/mol. The van der Waals surface area contributed by atoms with E-state index in [9.17, 15) is 4.79 Å². The van der Waals surface area contributed by atoms with Crippen LogP contribution < -0.4 is 0 Å². The summed E-state index contributed by atoms with van der Waals surface area (Å²) >= 11 is 5.24. The van der Waals surface area contributed by atoms with Crippen molar-refractivity contribution in [1.82, 2.24) is 0 Å². The van der Waals surface area contributed by atoms with Gasteiger partial charge < -0.3 is 0 Å². The molecule has 0 N–H and O–H groups in total. The standard InChI is InChI=1S/C6H9ClO/c1-4-2-3-5(4)6(7)8/h4-5H,2-3H2,1H3. The summed E-state index contributed by atoms with van der Waals surface area (Å²) in [7, 11) is 0. The van der Waals surface area contributed by atoms with Crippen LogP contribution in [0.25, 0.3) is 0 Å². The quantitative estimate of drug-likeness (QED) is 0.498. The molecule has 0 aromatic rings. The van der Waals surface area contributed by atoms with Crippen LogP contribution in [-0.4, -0.2) is 5.24 Å². The van der Waals surface area contributed by atoms with E-state index < -0.39 is 0 Å². The maximum Gasteiger partial charge on any atom is 0.224 e. The maximum atomic E-state index is 10.4. The van der Waals surface area contributed by atoms with Crippen LogP contribution in [0.15, 0.2) is 0 Å². The zero-order valence-electron chi connectivity index (χ0n) is 4.86. The minimum Gasteiger partial charge on any atom is -0.281 e. The van der Waals surface area contributed by atoms with Gasteiger partial charge in [0, 0.05) is 5.92 Å². The fraction of sp³-hybridized carbons (Fsp3) is 0.833. The van der Waals surface area contributed by atoms with Crippen LogP contribution in [0.2, 0.25) is 0 Å². The molecule has 1 aliphatic carbocycles. The highest BCUT2D eigenvalue weighted by Crippen LogP contribution is 2.34. The zero-order valence-corrected chi connectivity index (χ0v) is 5.61. The summed E-state index contributed by atoms with van der Waals surface area (Å²) in [6.07, 6.45) is 2.17. The first-order valence-corrected chi connectivity index (χ1v) is 3.29. The number of hydrogen-bond acceptors (Lipinski definition) is 1. The van der Waals surface area contributed by atoms with Crippen molar-refractivity contribution in [1.29, 1.82) is 0 Å². The van der Waals surface area contributed by atoms with E-state index in [1.165, 1.54) is 6.42 Å². The molecule has 46 valence electrons. The molecule has 1 nitrogen and oxygen atoms in total. The molecule has 2 heteroatoms. The molecule has 0 radical (unpaired) electrons. The minimum atomic E-state index is -0.149. The van der Waals surface area contributed by atoms with E-state index in [0.717, 1.165) is 6.42 Å². The molecule has 1 rings (SSSR count). The summed E-state index contributed by atoms with van der Waals surface area (Å²) in [5, 5.41) is -0.149. The molecule has 0 saturated heterocycles. The lowest BCUT2D eigenvalue weighted by atomic mass is 9.76. The molecule has 1 saturated carbocycles. The van der Waals surface area contributed by atoms with E-state index in [-0.39, 0.29) is 11.2 Å². The predicted octanol–water partition coefficient (Wildman–Crippen LogP) is 1.80. The van der Waals surface area contributed by atoms with Crippen molar-refractivity contribution in [3.63, 3.8) is 0 Å². The van der Waals surface area contributed by atoms with Gasteiger partial charge in [0.25, 0.3) is 0 Å². The average Bonchev–Trinajstić information content (AvgIpc) is 1.61. The Labute approximate surface area is 54.0 Å². The summed E-state index contributed by atoms with van der Waals surface area (Å²) in [5.41, 5.74) is 0. The highest BCUT2D eigenvalue weighted by Gasteiger charge is 2.31. The van der Waals surface area contributed by atoms with Gasteiger partial charge in [0.2, 0.25) is 5.24 Å². The molecule has 1 fully saturated rings. The lowest BCUT2D eigenvalue weighted by molar-refractivity contribution is -0.119. The van der Waals surface area contributed by atoms with Gasteiger partial charge in [0.15, 0.2) is 0 Å².